The monoisotopic (exact) mass is 550 g/mol. The molecule has 3 saturated carbocycles. The number of hydrogen-bond donors (Lipinski definition) is 2. The van der Waals surface area contributed by atoms with Gasteiger partial charge < -0.3 is 10.3 Å². The summed E-state index contributed by atoms with van der Waals surface area (Å²) in [6, 6.07) is 21.6. The second-order valence-corrected chi connectivity index (χ2v) is 14.2. The first kappa shape index (κ1) is 24.0. The maximum atomic E-state index is 5.03. The number of aromatic nitrogens is 2. The van der Waals surface area contributed by atoms with Crippen LogP contribution in [0.25, 0.3) is 33.5 Å². The number of nitrogens with one attached hydrogen (secondary N) is 2. The molecular formula is C38H38N4. The van der Waals surface area contributed by atoms with Gasteiger partial charge in [-0.15, -0.1) is 0 Å². The predicted octanol–water partition coefficient (Wildman–Crippen LogP) is 8.35. The van der Waals surface area contributed by atoms with Gasteiger partial charge in [-0.3, -0.25) is 4.99 Å². The van der Waals surface area contributed by atoms with Crippen LogP contribution in [-0.2, 0) is 12.8 Å². The van der Waals surface area contributed by atoms with Crippen molar-refractivity contribution in [3.8, 4) is 33.5 Å². The van der Waals surface area contributed by atoms with Crippen molar-refractivity contribution in [2.24, 2.45) is 22.7 Å². The van der Waals surface area contributed by atoms with E-state index >= 15 is 0 Å². The Hall–Kier alpha value is -3.50. The van der Waals surface area contributed by atoms with Gasteiger partial charge in [0.05, 0.1) is 17.6 Å². The summed E-state index contributed by atoms with van der Waals surface area (Å²) in [6.45, 7) is 1.13. The van der Waals surface area contributed by atoms with Gasteiger partial charge in [0.25, 0.3) is 0 Å². The van der Waals surface area contributed by atoms with Crippen LogP contribution >= 0.6 is 0 Å². The zero-order valence-electron chi connectivity index (χ0n) is 24.2. The minimum atomic E-state index is 0.472. The fourth-order valence-electron chi connectivity index (χ4n) is 9.31. The lowest BCUT2D eigenvalue weighted by Crippen LogP contribution is -2.30. The molecule has 4 aliphatic carbocycles. The molecule has 0 amide bonds. The number of nitrogens with zero attached hydrogens (tertiary/aromatic N) is 2. The summed E-state index contributed by atoms with van der Waals surface area (Å²) in [5.41, 5.74) is 15.2. The average molecular weight is 551 g/mol. The Morgan fingerprint density at radius 2 is 1.60 bits per heavy atom. The molecule has 210 valence electrons. The largest absolute Gasteiger partial charge is 0.342 e. The van der Waals surface area contributed by atoms with Gasteiger partial charge >= 0.3 is 0 Å². The lowest BCUT2D eigenvalue weighted by molar-refractivity contribution is 0.281. The minimum Gasteiger partial charge on any atom is -0.342 e. The molecule has 2 N–H and O–H groups in total. The Balaban J connectivity index is 0.955. The van der Waals surface area contributed by atoms with E-state index in [2.05, 4.69) is 71.1 Å². The van der Waals surface area contributed by atoms with Crippen LogP contribution in [-0.4, -0.2) is 28.3 Å². The van der Waals surface area contributed by atoms with Crippen LogP contribution in [0.3, 0.4) is 0 Å². The third kappa shape index (κ3) is 3.70. The molecule has 3 heterocycles. The number of aromatic amines is 1. The van der Waals surface area contributed by atoms with Gasteiger partial charge in [-0.2, -0.15) is 0 Å². The molecule has 3 aromatic carbocycles. The summed E-state index contributed by atoms with van der Waals surface area (Å²) >= 11 is 0. The number of rotatable bonds is 5. The predicted molar refractivity (Wildman–Crippen MR) is 169 cm³/mol. The molecule has 6 aliphatic rings. The second kappa shape index (κ2) is 9.00. The van der Waals surface area contributed by atoms with E-state index in [1.54, 1.807) is 11.1 Å². The number of hydrogen-bond acceptors (Lipinski definition) is 3. The topological polar surface area (TPSA) is 53.1 Å². The van der Waals surface area contributed by atoms with E-state index in [0.717, 1.165) is 42.3 Å². The van der Waals surface area contributed by atoms with E-state index < -0.39 is 0 Å². The highest BCUT2D eigenvalue weighted by atomic mass is 15.0. The van der Waals surface area contributed by atoms with Crippen LogP contribution in [0, 0.1) is 17.8 Å². The molecule has 0 bridgehead atoms. The summed E-state index contributed by atoms with van der Waals surface area (Å²) in [7, 11) is 0. The molecule has 42 heavy (non-hydrogen) atoms. The molecule has 4 aromatic rings. The standard InChI is InChI=1S/C38H38N4/c1-2-34(39-13-1)35-19-27-14-23(8-12-33(27)41-35)29-10-11-30(37-31-9-7-24(31)18-32(29)37)21-3-5-22(6-4-21)36-20-40-38(42-36)28-16-25-15-26(25)17-28/h3-6,8,10-12,14,20,24-26,28,31,34,39H,1-2,7,9,13,15-19H2,(H,40,42). The highest BCUT2D eigenvalue weighted by Crippen LogP contribution is 2.58. The molecule has 4 fully saturated rings. The molecule has 1 aromatic heterocycles. The zero-order valence-corrected chi connectivity index (χ0v) is 24.2. The van der Waals surface area contributed by atoms with Crippen molar-refractivity contribution >= 4 is 11.4 Å². The summed E-state index contributed by atoms with van der Waals surface area (Å²) in [5.74, 6) is 5.35. The third-order valence-electron chi connectivity index (χ3n) is 11.8. The molecule has 4 heteroatoms. The quantitative estimate of drug-likeness (QED) is 0.262. The molecule has 0 spiro atoms. The van der Waals surface area contributed by atoms with Crippen LogP contribution in [0.2, 0.25) is 0 Å². The summed E-state index contributed by atoms with van der Waals surface area (Å²) in [5, 5.41) is 3.64. The molecular weight excluding hydrogens is 512 g/mol. The van der Waals surface area contributed by atoms with Crippen LogP contribution in [0.5, 0.6) is 0 Å². The van der Waals surface area contributed by atoms with E-state index in [1.165, 1.54) is 102 Å². The fourth-order valence-corrected chi connectivity index (χ4v) is 9.31. The van der Waals surface area contributed by atoms with E-state index in [0.29, 0.717) is 12.0 Å². The molecule has 10 rings (SSSR count). The van der Waals surface area contributed by atoms with E-state index in [-0.39, 0.29) is 0 Å². The van der Waals surface area contributed by atoms with Gasteiger partial charge in [0, 0.05) is 24.1 Å². The van der Waals surface area contributed by atoms with Gasteiger partial charge in [0.2, 0.25) is 0 Å². The SMILES string of the molecule is c1cc(-c2ccc(-c3ccc4c(c3)CC(C3CCCN3)=N4)c3c2C2CCC2C3)ccc1-c1cnc(C2CC3CC3C2)[nH]1. The van der Waals surface area contributed by atoms with E-state index in [9.17, 15) is 0 Å². The smallest absolute Gasteiger partial charge is 0.109 e. The Morgan fingerprint density at radius 3 is 2.40 bits per heavy atom. The van der Waals surface area contributed by atoms with Crippen molar-refractivity contribution in [3.63, 3.8) is 0 Å². The number of fused-ring (bicyclic) bond motifs is 5. The first-order valence-corrected chi connectivity index (χ1v) is 16.5. The van der Waals surface area contributed by atoms with Crippen LogP contribution in [0.1, 0.15) is 79.3 Å². The molecule has 5 unspecified atom stereocenters. The van der Waals surface area contributed by atoms with Crippen LogP contribution in [0.15, 0.2) is 65.8 Å². The summed E-state index contributed by atoms with van der Waals surface area (Å²) < 4.78 is 0. The van der Waals surface area contributed by atoms with Gasteiger partial charge in [0.1, 0.15) is 5.82 Å². The first-order chi connectivity index (χ1) is 20.7. The van der Waals surface area contributed by atoms with Crippen LogP contribution in [0.4, 0.5) is 5.69 Å². The minimum absolute atomic E-state index is 0.472. The normalized spacial score (nSPS) is 30.0. The fraction of sp³-hybridized carbons (Fsp3) is 0.421. The van der Waals surface area contributed by atoms with Gasteiger partial charge in [-0.1, -0.05) is 42.5 Å². The van der Waals surface area contributed by atoms with Crippen molar-refractivity contribution < 1.29 is 0 Å². The Labute approximate surface area is 248 Å². The Morgan fingerprint density at radius 1 is 0.762 bits per heavy atom. The molecule has 4 nitrogen and oxygen atoms in total. The number of imidazole rings is 1. The van der Waals surface area contributed by atoms with Crippen molar-refractivity contribution in [3.05, 3.63) is 83.3 Å². The van der Waals surface area contributed by atoms with Gasteiger partial charge in [-0.05, 0) is 138 Å². The van der Waals surface area contributed by atoms with Crippen molar-refractivity contribution in [1.29, 1.82) is 0 Å². The van der Waals surface area contributed by atoms with Gasteiger partial charge in [0.15, 0.2) is 0 Å². The summed E-state index contributed by atoms with van der Waals surface area (Å²) in [4.78, 5) is 13.5. The second-order valence-electron chi connectivity index (χ2n) is 14.2. The Kier molecular flexibility index (Phi) is 5.14. The van der Waals surface area contributed by atoms with Gasteiger partial charge in [-0.25, -0.2) is 4.98 Å². The van der Waals surface area contributed by atoms with Crippen molar-refractivity contribution in [1.82, 2.24) is 15.3 Å². The lowest BCUT2D eigenvalue weighted by Gasteiger charge is -2.31. The number of aliphatic imine (C=N–C) groups is 1. The first-order valence-electron chi connectivity index (χ1n) is 16.5. The molecule has 1 saturated heterocycles. The lowest BCUT2D eigenvalue weighted by atomic mass is 9.73. The maximum Gasteiger partial charge on any atom is 0.109 e. The highest BCUT2D eigenvalue weighted by Gasteiger charge is 2.47. The van der Waals surface area contributed by atoms with Crippen LogP contribution < -0.4 is 5.32 Å². The number of H-pyrrole nitrogens is 1. The molecule has 5 atom stereocenters. The maximum absolute atomic E-state index is 5.03. The van der Waals surface area contributed by atoms with Crippen molar-refractivity contribution in [2.45, 2.75) is 75.7 Å². The number of benzene rings is 3. The molecule has 2 aliphatic heterocycles. The van der Waals surface area contributed by atoms with E-state index in [1.807, 2.05) is 0 Å². The molecule has 0 radical (unpaired) electrons. The van der Waals surface area contributed by atoms with E-state index in [4.69, 9.17) is 9.98 Å². The van der Waals surface area contributed by atoms with Crippen molar-refractivity contribution in [2.75, 3.05) is 6.54 Å². The Bertz CT molecular complexity index is 1740. The summed E-state index contributed by atoms with van der Waals surface area (Å²) in [6.07, 6.45) is 13.6. The highest BCUT2D eigenvalue weighted by molar-refractivity contribution is 5.98. The zero-order chi connectivity index (χ0) is 27.4. The average Bonchev–Trinajstić information content (AvgIpc) is 3.65. The third-order valence-corrected chi connectivity index (χ3v) is 11.8.